The Kier molecular flexibility index (Phi) is 5.67. The number of benzene rings is 3. The lowest BCUT2D eigenvalue weighted by molar-refractivity contribution is -0.307. The molecule has 1 N–H and O–H groups in total. The molecule has 0 aliphatic heterocycles. The molecule has 8 heteroatoms. The first-order chi connectivity index (χ1) is 14.6. The van der Waals surface area contributed by atoms with Crippen molar-refractivity contribution in [3.8, 4) is 5.75 Å². The summed E-state index contributed by atoms with van der Waals surface area (Å²) in [4.78, 5) is 10.7. The number of carboxylic acids is 1. The molecule has 0 aliphatic carbocycles. The molecule has 3 aromatic carbocycles. The van der Waals surface area contributed by atoms with Gasteiger partial charge in [0.1, 0.15) is 12.4 Å². The largest absolute Gasteiger partial charge is 0.546 e. The summed E-state index contributed by atoms with van der Waals surface area (Å²) in [7, 11) is 0. The van der Waals surface area contributed by atoms with Crippen molar-refractivity contribution in [2.45, 2.75) is 6.42 Å². The summed E-state index contributed by atoms with van der Waals surface area (Å²) in [6.45, 7) is -0.539. The zero-order valence-electron chi connectivity index (χ0n) is 15.8. The first-order valence-electron chi connectivity index (χ1n) is 9.21. The number of carboxylic acid groups (broad SMARTS) is 1. The summed E-state index contributed by atoms with van der Waals surface area (Å²) in [5.74, 6) is -0.257. The predicted molar refractivity (Wildman–Crippen MR) is 114 cm³/mol. The van der Waals surface area contributed by atoms with Gasteiger partial charge in [0.2, 0.25) is 4.77 Å². The maximum atomic E-state index is 10.7. The molecule has 0 fully saturated rings. The topological polar surface area (TPSA) is 95.3 Å². The van der Waals surface area contributed by atoms with Gasteiger partial charge < -0.3 is 14.6 Å². The fourth-order valence-corrected chi connectivity index (χ4v) is 3.35. The highest BCUT2D eigenvalue weighted by Crippen LogP contribution is 2.21. The van der Waals surface area contributed by atoms with Crippen LogP contribution in [0.1, 0.15) is 17.0 Å². The second kappa shape index (κ2) is 8.71. The number of hydrogen-bond acceptors (Lipinski definition) is 6. The van der Waals surface area contributed by atoms with Gasteiger partial charge in [-0.3, -0.25) is 5.10 Å². The normalized spacial score (nSPS) is 11.2. The summed E-state index contributed by atoms with van der Waals surface area (Å²) < 4.78 is 7.17. The third-order valence-electron chi connectivity index (χ3n) is 4.52. The van der Waals surface area contributed by atoms with E-state index in [9.17, 15) is 9.90 Å². The first kappa shape index (κ1) is 19.5. The average Bonchev–Trinajstić information content (AvgIpc) is 3.10. The molecule has 0 atom stereocenters. The van der Waals surface area contributed by atoms with Crippen molar-refractivity contribution in [3.63, 3.8) is 0 Å². The van der Waals surface area contributed by atoms with E-state index in [2.05, 4.69) is 39.6 Å². The number of nitrogens with zero attached hydrogens (tertiary/aromatic N) is 3. The molecule has 0 spiro atoms. The Labute approximate surface area is 177 Å². The number of ether oxygens (including phenoxy) is 1. The minimum atomic E-state index is -1.30. The molecule has 0 bridgehead atoms. The molecule has 150 valence electrons. The Hall–Kier alpha value is -3.78. The molecule has 0 aliphatic rings. The van der Waals surface area contributed by atoms with Crippen molar-refractivity contribution in [2.24, 2.45) is 5.10 Å². The quantitative estimate of drug-likeness (QED) is 0.368. The monoisotopic (exact) mass is 417 g/mol. The second-order valence-corrected chi connectivity index (χ2v) is 6.90. The number of aromatic amines is 1. The van der Waals surface area contributed by atoms with Crippen molar-refractivity contribution in [3.05, 3.63) is 88.5 Å². The van der Waals surface area contributed by atoms with E-state index in [0.29, 0.717) is 28.3 Å². The van der Waals surface area contributed by atoms with Gasteiger partial charge in [-0.25, -0.2) is 0 Å². The number of nitrogens with one attached hydrogen (secondary N) is 1. The summed E-state index contributed by atoms with van der Waals surface area (Å²) >= 11 is 5.33. The third-order valence-corrected chi connectivity index (χ3v) is 4.79. The zero-order chi connectivity index (χ0) is 20.9. The highest BCUT2D eigenvalue weighted by Gasteiger charge is 2.09. The number of aromatic nitrogens is 3. The molecule has 0 saturated carbocycles. The zero-order valence-corrected chi connectivity index (χ0v) is 16.6. The Morgan fingerprint density at radius 3 is 2.77 bits per heavy atom. The molecule has 0 unspecified atom stereocenters. The summed E-state index contributed by atoms with van der Waals surface area (Å²) in [6, 6.07) is 21.3. The fourth-order valence-electron chi connectivity index (χ4n) is 3.15. The van der Waals surface area contributed by atoms with Crippen LogP contribution in [-0.4, -0.2) is 33.7 Å². The smallest absolute Gasteiger partial charge is 0.216 e. The van der Waals surface area contributed by atoms with Crippen LogP contribution in [0.5, 0.6) is 5.75 Å². The van der Waals surface area contributed by atoms with Crippen molar-refractivity contribution < 1.29 is 14.6 Å². The van der Waals surface area contributed by atoms with Gasteiger partial charge in [0, 0.05) is 12.0 Å². The van der Waals surface area contributed by atoms with E-state index in [1.165, 1.54) is 0 Å². The van der Waals surface area contributed by atoms with Gasteiger partial charge >= 0.3 is 0 Å². The molecule has 7 nitrogen and oxygen atoms in total. The van der Waals surface area contributed by atoms with Crippen LogP contribution < -0.4 is 9.84 Å². The van der Waals surface area contributed by atoms with Gasteiger partial charge in [-0.2, -0.15) is 14.9 Å². The number of hydrogen-bond donors (Lipinski definition) is 1. The van der Waals surface area contributed by atoms with Crippen LogP contribution >= 0.6 is 12.2 Å². The van der Waals surface area contributed by atoms with Crippen molar-refractivity contribution in [1.29, 1.82) is 0 Å². The van der Waals surface area contributed by atoms with E-state index in [1.807, 2.05) is 18.2 Å². The van der Waals surface area contributed by atoms with Gasteiger partial charge in [-0.05, 0) is 40.7 Å². The van der Waals surface area contributed by atoms with Crippen LogP contribution in [0.25, 0.3) is 10.8 Å². The summed E-state index contributed by atoms with van der Waals surface area (Å²) in [5.41, 5.74) is 1.72. The van der Waals surface area contributed by atoms with Gasteiger partial charge in [0.15, 0.2) is 5.82 Å². The van der Waals surface area contributed by atoms with Crippen LogP contribution in [0.4, 0.5) is 0 Å². The summed E-state index contributed by atoms with van der Waals surface area (Å²) in [6.07, 6.45) is 2.09. The number of para-hydroxylation sites is 1. The molecule has 1 aromatic heterocycles. The minimum absolute atomic E-state index is 0.356. The maximum Gasteiger partial charge on any atom is 0.216 e. The summed E-state index contributed by atoms with van der Waals surface area (Å²) in [5, 5.41) is 24.5. The van der Waals surface area contributed by atoms with Crippen LogP contribution in [0.15, 0.2) is 71.8 Å². The lowest BCUT2D eigenvalue weighted by Gasteiger charge is -2.09. The molecule has 4 rings (SSSR count). The van der Waals surface area contributed by atoms with Crippen molar-refractivity contribution >= 4 is 35.2 Å². The molecule has 30 heavy (non-hydrogen) atoms. The van der Waals surface area contributed by atoms with Crippen molar-refractivity contribution in [1.82, 2.24) is 14.9 Å². The van der Waals surface area contributed by atoms with Crippen LogP contribution in [0, 0.1) is 4.77 Å². The van der Waals surface area contributed by atoms with Crippen LogP contribution in [-0.2, 0) is 11.2 Å². The Morgan fingerprint density at radius 2 is 1.90 bits per heavy atom. The lowest BCUT2D eigenvalue weighted by atomic mass is 10.0. The molecule has 0 radical (unpaired) electrons. The van der Waals surface area contributed by atoms with Gasteiger partial charge in [-0.1, -0.05) is 54.6 Å². The number of rotatable bonds is 7. The molecular formula is C22H17N4O3S-. The SMILES string of the molecule is O=C([O-])COc1ccccc1/C=N/n1c(Cc2cccc3ccccc23)n[nH]c1=S. The Morgan fingerprint density at radius 1 is 1.13 bits per heavy atom. The number of aliphatic carboxylic acids is 1. The van der Waals surface area contributed by atoms with E-state index in [1.54, 1.807) is 35.2 Å². The minimum Gasteiger partial charge on any atom is -0.546 e. The highest BCUT2D eigenvalue weighted by atomic mass is 32.1. The number of carbonyl (C=O) groups is 1. The molecule has 0 saturated heterocycles. The molecular weight excluding hydrogens is 400 g/mol. The molecule has 0 amide bonds. The second-order valence-electron chi connectivity index (χ2n) is 6.51. The Balaban J connectivity index is 1.64. The van der Waals surface area contributed by atoms with Crippen LogP contribution in [0.2, 0.25) is 0 Å². The van der Waals surface area contributed by atoms with E-state index in [0.717, 1.165) is 16.3 Å². The van der Waals surface area contributed by atoms with Crippen molar-refractivity contribution in [2.75, 3.05) is 6.61 Å². The average molecular weight is 417 g/mol. The number of H-pyrrole nitrogens is 1. The van der Waals surface area contributed by atoms with E-state index < -0.39 is 12.6 Å². The highest BCUT2D eigenvalue weighted by molar-refractivity contribution is 7.71. The van der Waals surface area contributed by atoms with E-state index in [-0.39, 0.29) is 0 Å². The van der Waals surface area contributed by atoms with E-state index in [4.69, 9.17) is 17.0 Å². The van der Waals surface area contributed by atoms with E-state index >= 15 is 0 Å². The van der Waals surface area contributed by atoms with Gasteiger partial charge in [-0.15, -0.1) is 0 Å². The fraction of sp³-hybridized carbons (Fsp3) is 0.0909. The Bertz CT molecular complexity index is 1290. The maximum absolute atomic E-state index is 10.7. The third kappa shape index (κ3) is 4.28. The number of carbonyl (C=O) groups excluding carboxylic acids is 1. The molecule has 4 aromatic rings. The standard InChI is InChI=1S/C22H18N4O3S/c27-21(28)14-29-19-11-4-2-7-17(19)13-23-26-20(24-25-22(26)30)12-16-9-5-8-15-6-1-3-10-18(15)16/h1-11,13H,12,14H2,(H,25,30)(H,27,28)/p-1/b23-13+. The first-order valence-corrected chi connectivity index (χ1v) is 9.61. The number of fused-ring (bicyclic) bond motifs is 1. The predicted octanol–water partition coefficient (Wildman–Crippen LogP) is 2.70. The lowest BCUT2D eigenvalue weighted by Crippen LogP contribution is -2.29. The van der Waals surface area contributed by atoms with Gasteiger partial charge in [0.05, 0.1) is 12.2 Å². The van der Waals surface area contributed by atoms with Gasteiger partial charge in [0.25, 0.3) is 0 Å². The molecule has 1 heterocycles. The van der Waals surface area contributed by atoms with Crippen LogP contribution in [0.3, 0.4) is 0 Å².